The molecule has 0 bridgehead atoms. The van der Waals surface area contributed by atoms with Crippen LogP contribution in [0.5, 0.6) is 0 Å². The number of hydrogen-bond donors (Lipinski definition) is 0. The molecule has 1 aliphatic heterocycles. The quantitative estimate of drug-likeness (QED) is 0.725. The van der Waals surface area contributed by atoms with Crippen LogP contribution >= 0.6 is 0 Å². The molecule has 0 saturated heterocycles. The predicted octanol–water partition coefficient (Wildman–Crippen LogP) is 3.63. The molecule has 3 aromatic rings. The second-order valence-electron chi connectivity index (χ2n) is 5.87. The number of amides is 1. The lowest BCUT2D eigenvalue weighted by molar-refractivity contribution is 0.0630. The molecule has 23 heavy (non-hydrogen) atoms. The highest BCUT2D eigenvalue weighted by Crippen LogP contribution is 2.33. The number of carbonyl (C=O) groups is 1. The molecule has 3 heterocycles. The molecule has 116 valence electrons. The molecule has 1 aromatic carbocycles. The number of benzene rings is 1. The van der Waals surface area contributed by atoms with Gasteiger partial charge in [-0.1, -0.05) is 30.3 Å². The number of hydrogen-bond acceptors (Lipinski definition) is 2. The molecule has 0 aliphatic carbocycles. The van der Waals surface area contributed by atoms with Crippen molar-refractivity contribution in [2.24, 2.45) is 0 Å². The third-order valence-corrected chi connectivity index (χ3v) is 4.47. The molecule has 1 aliphatic rings. The molecule has 0 N–H and O–H groups in total. The minimum absolute atomic E-state index is 0.0474. The van der Waals surface area contributed by atoms with Gasteiger partial charge in [-0.3, -0.25) is 4.79 Å². The summed E-state index contributed by atoms with van der Waals surface area (Å²) in [6.07, 6.45) is 3.65. The van der Waals surface area contributed by atoms with Gasteiger partial charge in [0.05, 0.1) is 12.3 Å². The fraction of sp³-hybridized carbons (Fsp3) is 0.211. The lowest BCUT2D eigenvalue weighted by Gasteiger charge is -2.37. The normalized spacial score (nSPS) is 17.1. The maximum absolute atomic E-state index is 13.0. The Hall–Kier alpha value is -2.75. The summed E-state index contributed by atoms with van der Waals surface area (Å²) in [7, 11) is 0. The van der Waals surface area contributed by atoms with Crippen LogP contribution in [0, 0.1) is 6.92 Å². The Bertz CT molecular complexity index is 832. The highest BCUT2D eigenvalue weighted by molar-refractivity contribution is 5.93. The Balaban J connectivity index is 1.80. The van der Waals surface area contributed by atoms with Gasteiger partial charge >= 0.3 is 0 Å². The largest absolute Gasteiger partial charge is 0.459 e. The fourth-order valence-corrected chi connectivity index (χ4v) is 3.31. The summed E-state index contributed by atoms with van der Waals surface area (Å²) in [5.74, 6) is 0.389. The Morgan fingerprint density at radius 3 is 2.65 bits per heavy atom. The summed E-state index contributed by atoms with van der Waals surface area (Å²) >= 11 is 0. The molecular formula is C19H18N2O2. The van der Waals surface area contributed by atoms with Crippen molar-refractivity contribution in [3.63, 3.8) is 0 Å². The lowest BCUT2D eigenvalue weighted by Crippen LogP contribution is -2.42. The maximum Gasteiger partial charge on any atom is 0.290 e. The molecule has 4 nitrogen and oxygen atoms in total. The van der Waals surface area contributed by atoms with E-state index in [9.17, 15) is 4.79 Å². The van der Waals surface area contributed by atoms with Crippen molar-refractivity contribution < 1.29 is 9.21 Å². The van der Waals surface area contributed by atoms with Crippen LogP contribution in [-0.4, -0.2) is 21.9 Å². The van der Waals surface area contributed by atoms with Crippen LogP contribution in [0.3, 0.4) is 0 Å². The van der Waals surface area contributed by atoms with E-state index in [1.165, 1.54) is 0 Å². The molecule has 2 aromatic heterocycles. The van der Waals surface area contributed by atoms with E-state index in [0.29, 0.717) is 12.3 Å². The summed E-state index contributed by atoms with van der Waals surface area (Å²) in [5.41, 5.74) is 3.13. The lowest BCUT2D eigenvalue weighted by atomic mass is 9.99. The molecule has 4 rings (SSSR count). The predicted molar refractivity (Wildman–Crippen MR) is 87.2 cm³/mol. The summed E-state index contributed by atoms with van der Waals surface area (Å²) in [5, 5.41) is 0. The van der Waals surface area contributed by atoms with Gasteiger partial charge in [-0.25, -0.2) is 0 Å². The van der Waals surface area contributed by atoms with Crippen LogP contribution in [0.15, 0.2) is 65.4 Å². The van der Waals surface area contributed by atoms with Crippen LogP contribution in [0.1, 0.15) is 33.4 Å². The summed E-state index contributed by atoms with van der Waals surface area (Å²) < 4.78 is 7.65. The molecule has 0 fully saturated rings. The molecule has 1 unspecified atom stereocenters. The Morgan fingerprint density at radius 2 is 1.91 bits per heavy atom. The van der Waals surface area contributed by atoms with Crippen molar-refractivity contribution >= 4 is 5.91 Å². The first-order valence-electron chi connectivity index (χ1n) is 7.81. The van der Waals surface area contributed by atoms with Gasteiger partial charge in [0.1, 0.15) is 0 Å². The minimum Gasteiger partial charge on any atom is -0.459 e. The maximum atomic E-state index is 13.0. The van der Waals surface area contributed by atoms with Gasteiger partial charge in [-0.2, -0.15) is 0 Å². The van der Waals surface area contributed by atoms with Gasteiger partial charge in [-0.05, 0) is 30.7 Å². The van der Waals surface area contributed by atoms with Crippen molar-refractivity contribution in [1.82, 2.24) is 9.47 Å². The molecule has 0 saturated carbocycles. The van der Waals surface area contributed by atoms with E-state index in [4.69, 9.17) is 4.42 Å². The van der Waals surface area contributed by atoms with Crippen LogP contribution in [0.4, 0.5) is 0 Å². The van der Waals surface area contributed by atoms with Crippen LogP contribution in [0.2, 0.25) is 0 Å². The van der Waals surface area contributed by atoms with Crippen LogP contribution in [-0.2, 0) is 6.54 Å². The number of furan rings is 1. The zero-order valence-electron chi connectivity index (χ0n) is 13.0. The van der Waals surface area contributed by atoms with Gasteiger partial charge in [0.25, 0.3) is 5.91 Å². The van der Waals surface area contributed by atoms with E-state index in [-0.39, 0.29) is 11.9 Å². The van der Waals surface area contributed by atoms with E-state index >= 15 is 0 Å². The van der Waals surface area contributed by atoms with Crippen LogP contribution < -0.4 is 0 Å². The summed E-state index contributed by atoms with van der Waals surface area (Å²) in [6, 6.07) is 16.0. The molecular weight excluding hydrogens is 288 g/mol. The standard InChI is InChI=1S/C19H18N2O2/c1-14-9-13-23-18(14)19(22)21-12-11-20-10-5-8-16(20)17(21)15-6-3-2-4-7-15/h2-10,13,17H,11-12H2,1H3. The number of nitrogens with zero attached hydrogens (tertiary/aromatic N) is 2. The third-order valence-electron chi connectivity index (χ3n) is 4.47. The highest BCUT2D eigenvalue weighted by atomic mass is 16.3. The highest BCUT2D eigenvalue weighted by Gasteiger charge is 2.34. The first kappa shape index (κ1) is 13.9. The first-order valence-corrected chi connectivity index (χ1v) is 7.81. The number of aryl methyl sites for hydroxylation is 1. The summed E-state index contributed by atoms with van der Waals surface area (Å²) in [6.45, 7) is 3.37. The van der Waals surface area contributed by atoms with Gasteiger partial charge < -0.3 is 13.9 Å². The Morgan fingerprint density at radius 1 is 1.09 bits per heavy atom. The van der Waals surface area contributed by atoms with E-state index in [1.807, 2.05) is 42.2 Å². The smallest absolute Gasteiger partial charge is 0.290 e. The Labute approximate surface area is 134 Å². The number of aromatic nitrogens is 1. The van der Waals surface area contributed by atoms with Gasteiger partial charge in [0.15, 0.2) is 5.76 Å². The molecule has 1 atom stereocenters. The number of fused-ring (bicyclic) bond motifs is 1. The average molecular weight is 306 g/mol. The van der Waals surface area contributed by atoms with Crippen molar-refractivity contribution in [3.8, 4) is 0 Å². The monoisotopic (exact) mass is 306 g/mol. The Kier molecular flexibility index (Phi) is 3.30. The molecule has 4 heteroatoms. The van der Waals surface area contributed by atoms with Crippen LogP contribution in [0.25, 0.3) is 0 Å². The minimum atomic E-state index is -0.0862. The number of carbonyl (C=O) groups excluding carboxylic acids is 1. The van der Waals surface area contributed by atoms with Gasteiger partial charge in [0, 0.05) is 30.5 Å². The van der Waals surface area contributed by atoms with E-state index in [2.05, 4.69) is 29.0 Å². The molecule has 0 radical (unpaired) electrons. The van der Waals surface area contributed by atoms with Crippen molar-refractivity contribution in [1.29, 1.82) is 0 Å². The van der Waals surface area contributed by atoms with Gasteiger partial charge in [0.2, 0.25) is 0 Å². The van der Waals surface area contributed by atoms with E-state index in [0.717, 1.165) is 23.4 Å². The second-order valence-corrected chi connectivity index (χ2v) is 5.87. The topological polar surface area (TPSA) is 38.4 Å². The summed E-state index contributed by atoms with van der Waals surface area (Å²) in [4.78, 5) is 14.9. The average Bonchev–Trinajstić information content (AvgIpc) is 3.22. The van der Waals surface area contributed by atoms with Crippen molar-refractivity contribution in [2.75, 3.05) is 6.54 Å². The third kappa shape index (κ3) is 2.27. The number of rotatable bonds is 2. The zero-order chi connectivity index (χ0) is 15.8. The van der Waals surface area contributed by atoms with E-state index < -0.39 is 0 Å². The van der Waals surface area contributed by atoms with Crippen molar-refractivity contribution in [2.45, 2.75) is 19.5 Å². The zero-order valence-corrected chi connectivity index (χ0v) is 13.0. The van der Waals surface area contributed by atoms with E-state index in [1.54, 1.807) is 6.26 Å². The SMILES string of the molecule is Cc1ccoc1C(=O)N1CCn2cccc2C1c1ccccc1. The second kappa shape index (κ2) is 5.47. The molecule has 1 amide bonds. The van der Waals surface area contributed by atoms with Gasteiger partial charge in [-0.15, -0.1) is 0 Å². The van der Waals surface area contributed by atoms with Crippen molar-refractivity contribution in [3.05, 3.63) is 83.6 Å². The first-order chi connectivity index (χ1) is 11.3. The molecule has 0 spiro atoms. The fourth-order valence-electron chi connectivity index (χ4n) is 3.31.